The number of ketones is 1. The molecular weight excluding hydrogens is 264 g/mol. The Balaban J connectivity index is 1.69. The molecule has 1 saturated heterocycles. The second kappa shape index (κ2) is 7.93. The first-order chi connectivity index (χ1) is 10.2. The summed E-state index contributed by atoms with van der Waals surface area (Å²) in [6.07, 6.45) is 4.78. The molecule has 21 heavy (non-hydrogen) atoms. The normalized spacial score (nSPS) is 15.7. The molecule has 2 rings (SSSR count). The highest BCUT2D eigenvalue weighted by Crippen LogP contribution is 2.08. The van der Waals surface area contributed by atoms with Gasteiger partial charge in [0.05, 0.1) is 0 Å². The number of aryl methyl sites for hydroxylation is 1. The molecule has 0 unspecified atom stereocenters. The van der Waals surface area contributed by atoms with Gasteiger partial charge in [0.25, 0.3) is 5.91 Å². The van der Waals surface area contributed by atoms with E-state index in [1.165, 1.54) is 19.3 Å². The summed E-state index contributed by atoms with van der Waals surface area (Å²) in [6.45, 7) is 5.84. The summed E-state index contributed by atoms with van der Waals surface area (Å²) in [5, 5.41) is 2.72. The third-order valence-corrected chi connectivity index (χ3v) is 3.91. The van der Waals surface area contributed by atoms with Gasteiger partial charge in [-0.25, -0.2) is 0 Å². The van der Waals surface area contributed by atoms with Crippen molar-refractivity contribution in [2.45, 2.75) is 32.6 Å². The molecule has 1 aromatic carbocycles. The molecule has 1 N–H and O–H groups in total. The lowest BCUT2D eigenvalue weighted by atomic mass is 10.1. The maximum atomic E-state index is 11.9. The maximum Gasteiger partial charge on any atom is 0.292 e. The van der Waals surface area contributed by atoms with E-state index >= 15 is 0 Å². The van der Waals surface area contributed by atoms with Gasteiger partial charge in [-0.3, -0.25) is 9.59 Å². The summed E-state index contributed by atoms with van der Waals surface area (Å²) in [7, 11) is 0. The van der Waals surface area contributed by atoms with E-state index in [9.17, 15) is 9.59 Å². The summed E-state index contributed by atoms with van der Waals surface area (Å²) >= 11 is 0. The Bertz CT molecular complexity index is 476. The van der Waals surface area contributed by atoms with E-state index in [1.54, 1.807) is 12.1 Å². The Hall–Kier alpha value is -1.68. The van der Waals surface area contributed by atoms with Crippen molar-refractivity contribution in [1.82, 2.24) is 10.2 Å². The fourth-order valence-corrected chi connectivity index (χ4v) is 2.60. The van der Waals surface area contributed by atoms with Crippen LogP contribution in [0.1, 0.15) is 41.6 Å². The van der Waals surface area contributed by atoms with Crippen molar-refractivity contribution in [2.24, 2.45) is 0 Å². The number of carbonyl (C=O) groups excluding carboxylic acids is 2. The molecule has 0 bridgehead atoms. The lowest BCUT2D eigenvalue weighted by Crippen LogP contribution is -2.35. The van der Waals surface area contributed by atoms with Crippen LogP contribution in [0.2, 0.25) is 0 Å². The third-order valence-electron chi connectivity index (χ3n) is 3.91. The lowest BCUT2D eigenvalue weighted by molar-refractivity contribution is -0.117. The number of hydrogen-bond donors (Lipinski definition) is 1. The average Bonchev–Trinajstić information content (AvgIpc) is 2.52. The Morgan fingerprint density at radius 1 is 1.10 bits per heavy atom. The van der Waals surface area contributed by atoms with Crippen molar-refractivity contribution < 1.29 is 9.59 Å². The highest BCUT2D eigenvalue weighted by Gasteiger charge is 2.15. The Kier molecular flexibility index (Phi) is 5.93. The average molecular weight is 288 g/mol. The van der Waals surface area contributed by atoms with Crippen molar-refractivity contribution >= 4 is 11.7 Å². The minimum absolute atomic E-state index is 0.451. The van der Waals surface area contributed by atoms with Crippen molar-refractivity contribution in [3.8, 4) is 0 Å². The monoisotopic (exact) mass is 288 g/mol. The summed E-state index contributed by atoms with van der Waals surface area (Å²) in [5.41, 5.74) is 1.53. The van der Waals surface area contributed by atoms with Gasteiger partial charge in [0.15, 0.2) is 0 Å². The number of Topliss-reactive ketones (excluding diaryl/α,β-unsaturated/α-hetero) is 1. The Morgan fingerprint density at radius 2 is 1.76 bits per heavy atom. The first-order valence-corrected chi connectivity index (χ1v) is 7.78. The zero-order valence-electron chi connectivity index (χ0n) is 12.7. The third kappa shape index (κ3) is 4.97. The van der Waals surface area contributed by atoms with E-state index in [-0.39, 0.29) is 0 Å². The fourth-order valence-electron chi connectivity index (χ4n) is 2.60. The molecule has 1 aromatic rings. The fraction of sp³-hybridized carbons (Fsp3) is 0.529. The summed E-state index contributed by atoms with van der Waals surface area (Å²) in [6, 6.07) is 7.09. The van der Waals surface area contributed by atoms with Crippen LogP contribution in [0, 0.1) is 6.92 Å². The molecule has 1 aliphatic heterocycles. The molecule has 0 radical (unpaired) electrons. The zero-order valence-corrected chi connectivity index (χ0v) is 12.7. The highest BCUT2D eigenvalue weighted by molar-refractivity contribution is 6.42. The van der Waals surface area contributed by atoms with E-state index in [2.05, 4.69) is 10.2 Å². The molecule has 114 valence electrons. The molecule has 0 saturated carbocycles. The van der Waals surface area contributed by atoms with E-state index in [4.69, 9.17) is 0 Å². The molecule has 1 heterocycles. The van der Waals surface area contributed by atoms with Crippen molar-refractivity contribution in [3.05, 3.63) is 35.4 Å². The van der Waals surface area contributed by atoms with E-state index < -0.39 is 11.7 Å². The number of amides is 1. The first kappa shape index (κ1) is 15.7. The number of carbonyl (C=O) groups is 2. The van der Waals surface area contributed by atoms with Crippen molar-refractivity contribution in [3.63, 3.8) is 0 Å². The molecule has 0 aliphatic carbocycles. The second-order valence-corrected chi connectivity index (χ2v) is 5.71. The standard InChI is InChI=1S/C17H24N2O2/c1-14-6-8-15(9-7-14)16(20)17(21)18-10-5-13-19-11-3-2-4-12-19/h6-9H,2-5,10-13H2,1H3,(H,18,21). The summed E-state index contributed by atoms with van der Waals surface area (Å²) in [5.74, 6) is -0.953. The quantitative estimate of drug-likeness (QED) is 0.496. The van der Waals surface area contributed by atoms with E-state index in [0.717, 1.165) is 31.6 Å². The van der Waals surface area contributed by atoms with Gasteiger partial charge in [-0.15, -0.1) is 0 Å². The highest BCUT2D eigenvalue weighted by atomic mass is 16.2. The van der Waals surface area contributed by atoms with Crippen LogP contribution in [0.3, 0.4) is 0 Å². The van der Waals surface area contributed by atoms with Crippen LogP contribution in [0.5, 0.6) is 0 Å². The largest absolute Gasteiger partial charge is 0.349 e. The molecule has 0 spiro atoms. The maximum absolute atomic E-state index is 11.9. The number of hydrogen-bond acceptors (Lipinski definition) is 3. The lowest BCUT2D eigenvalue weighted by Gasteiger charge is -2.26. The number of rotatable bonds is 6. The summed E-state index contributed by atoms with van der Waals surface area (Å²) < 4.78 is 0. The number of nitrogens with zero attached hydrogens (tertiary/aromatic N) is 1. The van der Waals surface area contributed by atoms with Gasteiger partial charge in [-0.05, 0) is 45.8 Å². The number of piperidine rings is 1. The number of likely N-dealkylation sites (tertiary alicyclic amines) is 1. The van der Waals surface area contributed by atoms with Crippen LogP contribution in [0.25, 0.3) is 0 Å². The predicted molar refractivity (Wildman–Crippen MR) is 83.4 cm³/mol. The van der Waals surface area contributed by atoms with Crippen molar-refractivity contribution in [1.29, 1.82) is 0 Å². The second-order valence-electron chi connectivity index (χ2n) is 5.71. The van der Waals surface area contributed by atoms with E-state index in [1.807, 2.05) is 19.1 Å². The van der Waals surface area contributed by atoms with Gasteiger partial charge >= 0.3 is 0 Å². The molecule has 4 heteroatoms. The number of benzene rings is 1. The van der Waals surface area contributed by atoms with Gasteiger partial charge in [0.2, 0.25) is 5.78 Å². The van der Waals surface area contributed by atoms with Gasteiger partial charge in [0, 0.05) is 12.1 Å². The van der Waals surface area contributed by atoms with Crippen LogP contribution in [0.4, 0.5) is 0 Å². The molecule has 4 nitrogen and oxygen atoms in total. The van der Waals surface area contributed by atoms with Gasteiger partial charge < -0.3 is 10.2 Å². The minimum Gasteiger partial charge on any atom is -0.349 e. The molecular formula is C17H24N2O2. The number of nitrogens with one attached hydrogen (secondary N) is 1. The molecule has 0 aromatic heterocycles. The van der Waals surface area contributed by atoms with Crippen molar-refractivity contribution in [2.75, 3.05) is 26.2 Å². The van der Waals surface area contributed by atoms with Crippen LogP contribution < -0.4 is 5.32 Å². The van der Waals surface area contributed by atoms with Crippen LogP contribution in [0.15, 0.2) is 24.3 Å². The Labute approximate surface area is 126 Å². The summed E-state index contributed by atoms with van der Waals surface area (Å²) in [4.78, 5) is 26.2. The zero-order chi connectivity index (χ0) is 15.1. The predicted octanol–water partition coefficient (Wildman–Crippen LogP) is 2.17. The van der Waals surface area contributed by atoms with Crippen LogP contribution in [-0.2, 0) is 4.79 Å². The van der Waals surface area contributed by atoms with Gasteiger partial charge in [-0.2, -0.15) is 0 Å². The smallest absolute Gasteiger partial charge is 0.292 e. The van der Waals surface area contributed by atoms with Crippen LogP contribution >= 0.6 is 0 Å². The first-order valence-electron chi connectivity index (χ1n) is 7.78. The van der Waals surface area contributed by atoms with Gasteiger partial charge in [0.1, 0.15) is 0 Å². The minimum atomic E-state index is -0.502. The topological polar surface area (TPSA) is 49.4 Å². The molecule has 1 fully saturated rings. The molecule has 1 amide bonds. The molecule has 1 aliphatic rings. The van der Waals surface area contributed by atoms with E-state index in [0.29, 0.717) is 12.1 Å². The van der Waals surface area contributed by atoms with Crippen LogP contribution in [-0.4, -0.2) is 42.8 Å². The SMILES string of the molecule is Cc1ccc(C(=O)C(=O)NCCCN2CCCCC2)cc1. The Morgan fingerprint density at radius 3 is 2.43 bits per heavy atom. The van der Waals surface area contributed by atoms with Gasteiger partial charge in [-0.1, -0.05) is 36.2 Å². The molecule has 0 atom stereocenters.